The maximum absolute atomic E-state index is 12.2. The van der Waals surface area contributed by atoms with E-state index in [0.717, 1.165) is 16.6 Å². The SMILES string of the molecule is COCCn1cnc2ccc(Nc3c(NC(C)c4cccc(O)c4)c(=O)c3=O)cc21. The van der Waals surface area contributed by atoms with Crippen LogP contribution in [0.25, 0.3) is 11.0 Å². The molecule has 0 radical (unpaired) electrons. The number of aromatic hydroxyl groups is 1. The largest absolute Gasteiger partial charge is 0.508 e. The molecule has 3 aromatic carbocycles. The number of fused-ring (bicyclic) bond motifs is 1. The van der Waals surface area contributed by atoms with Crippen molar-refractivity contribution in [3.8, 4) is 5.75 Å². The summed E-state index contributed by atoms with van der Waals surface area (Å²) < 4.78 is 7.10. The van der Waals surface area contributed by atoms with E-state index in [1.54, 1.807) is 31.6 Å². The van der Waals surface area contributed by atoms with Gasteiger partial charge in [0.25, 0.3) is 10.9 Å². The number of nitrogens with one attached hydrogen (secondary N) is 2. The van der Waals surface area contributed by atoms with Crippen LogP contribution in [0.5, 0.6) is 5.75 Å². The van der Waals surface area contributed by atoms with Gasteiger partial charge in [-0.25, -0.2) is 4.98 Å². The lowest BCUT2D eigenvalue weighted by atomic mass is 10.1. The summed E-state index contributed by atoms with van der Waals surface area (Å²) >= 11 is 0. The fourth-order valence-corrected chi connectivity index (χ4v) is 3.39. The molecule has 30 heavy (non-hydrogen) atoms. The zero-order valence-electron chi connectivity index (χ0n) is 16.7. The van der Waals surface area contributed by atoms with Gasteiger partial charge in [-0.2, -0.15) is 0 Å². The molecule has 0 aliphatic carbocycles. The maximum Gasteiger partial charge on any atom is 0.253 e. The smallest absolute Gasteiger partial charge is 0.253 e. The number of methoxy groups -OCH3 is 1. The highest BCUT2D eigenvalue weighted by Crippen LogP contribution is 2.27. The molecule has 8 heteroatoms. The van der Waals surface area contributed by atoms with Crippen molar-refractivity contribution >= 4 is 28.1 Å². The molecule has 1 unspecified atom stereocenters. The standard InChI is InChI=1S/C22H22N4O4/c1-13(14-4-3-5-16(27)10-14)24-19-20(22(29)21(19)28)25-15-6-7-17-18(11-15)26(12-23-17)8-9-30-2/h3-7,10-13,24-25,27H,8-9H2,1-2H3. The Balaban J connectivity index is 1.58. The summed E-state index contributed by atoms with van der Waals surface area (Å²) in [6, 6.07) is 12.1. The molecule has 0 aliphatic heterocycles. The van der Waals surface area contributed by atoms with E-state index in [4.69, 9.17) is 4.74 Å². The lowest BCUT2D eigenvalue weighted by Gasteiger charge is -2.20. The minimum Gasteiger partial charge on any atom is -0.508 e. The number of anilines is 3. The molecule has 0 aliphatic rings. The maximum atomic E-state index is 12.2. The van der Waals surface area contributed by atoms with Crippen LogP contribution in [0.3, 0.4) is 0 Å². The van der Waals surface area contributed by atoms with E-state index >= 15 is 0 Å². The first-order chi connectivity index (χ1) is 14.5. The molecule has 154 valence electrons. The van der Waals surface area contributed by atoms with Gasteiger partial charge in [-0.05, 0) is 42.8 Å². The van der Waals surface area contributed by atoms with Gasteiger partial charge in [0, 0.05) is 25.4 Å². The molecule has 1 heterocycles. The Labute approximate surface area is 172 Å². The van der Waals surface area contributed by atoms with Crippen molar-refractivity contribution < 1.29 is 9.84 Å². The zero-order valence-corrected chi connectivity index (χ0v) is 16.7. The number of ether oxygens (including phenoxy) is 1. The van der Waals surface area contributed by atoms with Crippen LogP contribution in [0.15, 0.2) is 58.4 Å². The molecule has 0 saturated carbocycles. The Morgan fingerprint density at radius 2 is 1.93 bits per heavy atom. The van der Waals surface area contributed by atoms with Crippen molar-refractivity contribution in [1.82, 2.24) is 9.55 Å². The molecule has 0 spiro atoms. The van der Waals surface area contributed by atoms with Crippen LogP contribution in [0, 0.1) is 0 Å². The molecular formula is C22H22N4O4. The number of rotatable bonds is 8. The summed E-state index contributed by atoms with van der Waals surface area (Å²) in [5.74, 6) is 0.142. The Hall–Kier alpha value is -3.65. The van der Waals surface area contributed by atoms with Crippen molar-refractivity contribution in [2.24, 2.45) is 0 Å². The quantitative estimate of drug-likeness (QED) is 0.386. The molecule has 4 aromatic rings. The van der Waals surface area contributed by atoms with Crippen molar-refractivity contribution in [2.45, 2.75) is 19.5 Å². The Morgan fingerprint density at radius 1 is 1.13 bits per heavy atom. The Kier molecular flexibility index (Phi) is 5.24. The molecule has 8 nitrogen and oxygen atoms in total. The molecule has 0 amide bonds. The van der Waals surface area contributed by atoms with Crippen LogP contribution >= 0.6 is 0 Å². The Morgan fingerprint density at radius 3 is 2.70 bits per heavy atom. The molecule has 0 bridgehead atoms. The molecule has 0 fully saturated rings. The number of hydrogen-bond acceptors (Lipinski definition) is 7. The minimum atomic E-state index is -0.561. The number of phenolic OH excluding ortho intramolecular Hbond substituents is 1. The predicted molar refractivity (Wildman–Crippen MR) is 116 cm³/mol. The van der Waals surface area contributed by atoms with Gasteiger partial charge in [0.15, 0.2) is 0 Å². The number of nitrogens with zero attached hydrogens (tertiary/aromatic N) is 2. The van der Waals surface area contributed by atoms with Crippen LogP contribution < -0.4 is 21.5 Å². The first-order valence-corrected chi connectivity index (χ1v) is 9.57. The van der Waals surface area contributed by atoms with Crippen LogP contribution in [0.4, 0.5) is 17.1 Å². The Bertz CT molecular complexity index is 1270. The van der Waals surface area contributed by atoms with Gasteiger partial charge in [-0.3, -0.25) is 9.59 Å². The van der Waals surface area contributed by atoms with E-state index in [2.05, 4.69) is 15.6 Å². The van der Waals surface area contributed by atoms with Gasteiger partial charge in [0.05, 0.1) is 24.0 Å². The first-order valence-electron chi connectivity index (χ1n) is 9.57. The van der Waals surface area contributed by atoms with E-state index in [-0.39, 0.29) is 23.2 Å². The molecule has 4 rings (SSSR count). The van der Waals surface area contributed by atoms with E-state index < -0.39 is 10.9 Å². The summed E-state index contributed by atoms with van der Waals surface area (Å²) in [6.07, 6.45) is 1.74. The van der Waals surface area contributed by atoms with Gasteiger partial charge in [0.2, 0.25) is 0 Å². The highest BCUT2D eigenvalue weighted by Gasteiger charge is 2.23. The summed E-state index contributed by atoms with van der Waals surface area (Å²) in [5, 5.41) is 15.8. The van der Waals surface area contributed by atoms with Gasteiger partial charge in [0.1, 0.15) is 17.1 Å². The minimum absolute atomic E-state index is 0.142. The number of aromatic nitrogens is 2. The van der Waals surface area contributed by atoms with Gasteiger partial charge < -0.3 is 25.0 Å². The second-order valence-electron chi connectivity index (χ2n) is 7.13. The van der Waals surface area contributed by atoms with Crippen LogP contribution in [0.2, 0.25) is 0 Å². The average molecular weight is 406 g/mol. The van der Waals surface area contributed by atoms with Gasteiger partial charge in [-0.1, -0.05) is 12.1 Å². The number of hydrogen-bond donors (Lipinski definition) is 3. The molecule has 1 aromatic heterocycles. The summed E-state index contributed by atoms with van der Waals surface area (Å²) in [6.45, 7) is 3.07. The van der Waals surface area contributed by atoms with Crippen LogP contribution in [0.1, 0.15) is 18.5 Å². The summed E-state index contributed by atoms with van der Waals surface area (Å²) in [4.78, 5) is 28.7. The van der Waals surface area contributed by atoms with Crippen LogP contribution in [-0.2, 0) is 11.3 Å². The first kappa shape index (κ1) is 19.7. The number of benzene rings is 2. The predicted octanol–water partition coefficient (Wildman–Crippen LogP) is 2.90. The van der Waals surface area contributed by atoms with Crippen molar-refractivity contribution in [1.29, 1.82) is 0 Å². The third-order valence-electron chi connectivity index (χ3n) is 5.07. The average Bonchev–Trinajstić information content (AvgIpc) is 3.16. The summed E-state index contributed by atoms with van der Waals surface area (Å²) in [7, 11) is 1.64. The lowest BCUT2D eigenvalue weighted by molar-refractivity contribution is 0.188. The van der Waals surface area contributed by atoms with Crippen LogP contribution in [-0.4, -0.2) is 28.4 Å². The van der Waals surface area contributed by atoms with E-state index in [1.165, 1.54) is 0 Å². The number of phenols is 1. The van der Waals surface area contributed by atoms with Gasteiger partial charge >= 0.3 is 0 Å². The molecule has 1 atom stereocenters. The van der Waals surface area contributed by atoms with Crippen molar-refractivity contribution in [3.05, 3.63) is 74.8 Å². The fraction of sp³-hybridized carbons (Fsp3) is 0.227. The van der Waals surface area contributed by atoms with Gasteiger partial charge in [-0.15, -0.1) is 0 Å². The van der Waals surface area contributed by atoms with Crippen molar-refractivity contribution in [2.75, 3.05) is 24.4 Å². The van der Waals surface area contributed by atoms with E-state index in [1.807, 2.05) is 35.8 Å². The highest BCUT2D eigenvalue weighted by atomic mass is 16.5. The molecular weight excluding hydrogens is 384 g/mol. The summed E-state index contributed by atoms with van der Waals surface area (Å²) in [5.41, 5.74) is 2.57. The highest BCUT2D eigenvalue weighted by molar-refractivity contribution is 5.84. The molecule has 0 saturated heterocycles. The third-order valence-corrected chi connectivity index (χ3v) is 5.07. The number of imidazole rings is 1. The normalized spacial score (nSPS) is 12.3. The second-order valence-corrected chi connectivity index (χ2v) is 7.13. The van der Waals surface area contributed by atoms with Crippen molar-refractivity contribution in [3.63, 3.8) is 0 Å². The fourth-order valence-electron chi connectivity index (χ4n) is 3.39. The zero-order chi connectivity index (χ0) is 21.3. The van der Waals surface area contributed by atoms with E-state index in [0.29, 0.717) is 18.8 Å². The van der Waals surface area contributed by atoms with E-state index in [9.17, 15) is 14.7 Å². The topological polar surface area (TPSA) is 105 Å². The third kappa shape index (κ3) is 3.65. The second kappa shape index (κ2) is 8.00. The lowest BCUT2D eigenvalue weighted by Crippen LogP contribution is -2.37. The molecule has 3 N–H and O–H groups in total. The monoisotopic (exact) mass is 406 g/mol.